The summed E-state index contributed by atoms with van der Waals surface area (Å²) in [5.41, 5.74) is 1.16. The van der Waals surface area contributed by atoms with Gasteiger partial charge in [-0.1, -0.05) is 12.1 Å². The van der Waals surface area contributed by atoms with Gasteiger partial charge < -0.3 is 10.2 Å². The minimum Gasteiger partial charge on any atom is -0.479 e. The molecular weight excluding hydrogens is 230 g/mol. The molecule has 2 aromatic rings. The zero-order valence-electron chi connectivity index (χ0n) is 9.71. The Bertz CT molecular complexity index is 619. The molecule has 3 rings (SSSR count). The third kappa shape index (κ3) is 1.57. The Labute approximate surface area is 104 Å². The van der Waals surface area contributed by atoms with Gasteiger partial charge in [0.1, 0.15) is 0 Å². The zero-order valence-corrected chi connectivity index (χ0v) is 9.71. The van der Waals surface area contributed by atoms with Crippen molar-refractivity contribution in [2.24, 2.45) is 0 Å². The van der Waals surface area contributed by atoms with Gasteiger partial charge in [-0.2, -0.15) is 0 Å². The lowest BCUT2D eigenvalue weighted by Crippen LogP contribution is -2.33. The molecule has 1 aliphatic carbocycles. The second-order valence-corrected chi connectivity index (χ2v) is 4.81. The largest absolute Gasteiger partial charge is 0.479 e. The maximum Gasteiger partial charge on any atom is 0.333 e. The third-order valence-electron chi connectivity index (χ3n) is 3.72. The quantitative estimate of drug-likeness (QED) is 0.861. The molecule has 0 aliphatic heterocycles. The van der Waals surface area contributed by atoms with Gasteiger partial charge in [0.15, 0.2) is 6.10 Å². The number of hydrogen-bond acceptors (Lipinski definition) is 3. The number of nitrogens with zero attached hydrogens (tertiary/aromatic N) is 1. The summed E-state index contributed by atoms with van der Waals surface area (Å²) in [6, 6.07) is 9.46. The molecule has 1 saturated carbocycles. The first-order chi connectivity index (χ1) is 8.63. The monoisotopic (exact) mass is 243 g/mol. The van der Waals surface area contributed by atoms with Crippen LogP contribution >= 0.6 is 0 Å². The molecule has 1 fully saturated rings. The minimum atomic E-state index is -1.33. The maximum atomic E-state index is 11.0. The summed E-state index contributed by atoms with van der Waals surface area (Å²) >= 11 is 0. The standard InChI is InChI=1S/C14H13NO3/c16-12(13(17)18)14(5-6-14)10-3-4-11-9(8-10)2-1-7-15-11/h1-4,7-8,12,16H,5-6H2,(H,17,18). The van der Waals surface area contributed by atoms with Crippen LogP contribution in [-0.2, 0) is 10.2 Å². The van der Waals surface area contributed by atoms with Crippen LogP contribution in [0.5, 0.6) is 0 Å². The molecule has 1 atom stereocenters. The fourth-order valence-corrected chi connectivity index (χ4v) is 2.48. The topological polar surface area (TPSA) is 70.4 Å². The average molecular weight is 243 g/mol. The number of aliphatic carboxylic acids is 1. The van der Waals surface area contributed by atoms with Crippen molar-refractivity contribution in [1.29, 1.82) is 0 Å². The van der Waals surface area contributed by atoms with Crippen LogP contribution in [0.25, 0.3) is 10.9 Å². The first-order valence-corrected chi connectivity index (χ1v) is 5.90. The smallest absolute Gasteiger partial charge is 0.333 e. The van der Waals surface area contributed by atoms with Crippen molar-refractivity contribution in [2.75, 3.05) is 0 Å². The van der Waals surface area contributed by atoms with Crippen LogP contribution in [0.3, 0.4) is 0 Å². The molecule has 1 aliphatic rings. The number of fused-ring (bicyclic) bond motifs is 1. The van der Waals surface area contributed by atoms with Crippen LogP contribution in [0.1, 0.15) is 18.4 Å². The number of carboxylic acids is 1. The Kier molecular flexibility index (Phi) is 2.35. The molecule has 2 N–H and O–H groups in total. The molecule has 1 unspecified atom stereocenters. The van der Waals surface area contributed by atoms with Crippen LogP contribution in [0.4, 0.5) is 0 Å². The van der Waals surface area contributed by atoms with Crippen molar-refractivity contribution in [2.45, 2.75) is 24.4 Å². The Morgan fingerprint density at radius 2 is 2.11 bits per heavy atom. The minimum absolute atomic E-state index is 0.601. The zero-order chi connectivity index (χ0) is 12.8. The number of benzene rings is 1. The molecule has 4 heteroatoms. The SMILES string of the molecule is O=C(O)C(O)C1(c2ccc3ncccc3c2)CC1. The van der Waals surface area contributed by atoms with E-state index in [0.29, 0.717) is 12.8 Å². The number of hydrogen-bond donors (Lipinski definition) is 2. The van der Waals surface area contributed by atoms with Gasteiger partial charge in [-0.25, -0.2) is 4.79 Å². The molecule has 1 aromatic heterocycles. The van der Waals surface area contributed by atoms with Crippen LogP contribution in [-0.4, -0.2) is 27.3 Å². The fraction of sp³-hybridized carbons (Fsp3) is 0.286. The van der Waals surface area contributed by atoms with Crippen molar-refractivity contribution in [3.05, 3.63) is 42.1 Å². The van der Waals surface area contributed by atoms with Crippen LogP contribution in [0, 0.1) is 0 Å². The van der Waals surface area contributed by atoms with E-state index in [1.54, 1.807) is 6.20 Å². The molecule has 0 amide bonds. The van der Waals surface area contributed by atoms with Gasteiger partial charge in [0.05, 0.1) is 5.52 Å². The van der Waals surface area contributed by atoms with Gasteiger partial charge in [-0.3, -0.25) is 4.98 Å². The van der Waals surface area contributed by atoms with Crippen molar-refractivity contribution >= 4 is 16.9 Å². The molecule has 0 saturated heterocycles. The van der Waals surface area contributed by atoms with Crippen LogP contribution in [0.2, 0.25) is 0 Å². The summed E-state index contributed by atoms with van der Waals surface area (Å²) in [7, 11) is 0. The van der Waals surface area contributed by atoms with E-state index in [2.05, 4.69) is 4.98 Å². The predicted octanol–water partition coefficient (Wildman–Crippen LogP) is 1.71. The molecule has 0 spiro atoms. The van der Waals surface area contributed by atoms with Crippen molar-refractivity contribution in [3.8, 4) is 0 Å². The summed E-state index contributed by atoms with van der Waals surface area (Å²) in [5, 5.41) is 19.8. The number of rotatable bonds is 3. The van der Waals surface area contributed by atoms with E-state index in [0.717, 1.165) is 16.5 Å². The molecule has 92 valence electrons. The average Bonchev–Trinajstić information content (AvgIpc) is 3.18. The third-order valence-corrected chi connectivity index (χ3v) is 3.72. The van der Waals surface area contributed by atoms with Gasteiger partial charge in [0.2, 0.25) is 0 Å². The number of aliphatic hydroxyl groups excluding tert-OH is 1. The van der Waals surface area contributed by atoms with Gasteiger partial charge in [0, 0.05) is 17.0 Å². The Morgan fingerprint density at radius 3 is 2.78 bits per heavy atom. The highest BCUT2D eigenvalue weighted by molar-refractivity contribution is 5.81. The molecule has 4 nitrogen and oxygen atoms in total. The van der Waals surface area contributed by atoms with E-state index >= 15 is 0 Å². The summed E-state index contributed by atoms with van der Waals surface area (Å²) in [6.07, 6.45) is 1.83. The Hall–Kier alpha value is -1.94. The van der Waals surface area contributed by atoms with E-state index in [4.69, 9.17) is 5.11 Å². The van der Waals surface area contributed by atoms with Gasteiger partial charge >= 0.3 is 5.97 Å². The molecule has 1 heterocycles. The van der Waals surface area contributed by atoms with Crippen LogP contribution < -0.4 is 0 Å². The lowest BCUT2D eigenvalue weighted by molar-refractivity contribution is -0.148. The lowest BCUT2D eigenvalue weighted by Gasteiger charge is -2.19. The van der Waals surface area contributed by atoms with E-state index in [-0.39, 0.29) is 0 Å². The molecule has 0 radical (unpaired) electrons. The highest BCUT2D eigenvalue weighted by atomic mass is 16.4. The van der Waals surface area contributed by atoms with Crippen LogP contribution in [0.15, 0.2) is 36.5 Å². The second-order valence-electron chi connectivity index (χ2n) is 4.81. The fourth-order valence-electron chi connectivity index (χ4n) is 2.48. The maximum absolute atomic E-state index is 11.0. The summed E-state index contributed by atoms with van der Waals surface area (Å²) < 4.78 is 0. The van der Waals surface area contributed by atoms with Crippen molar-refractivity contribution in [1.82, 2.24) is 4.98 Å². The first-order valence-electron chi connectivity index (χ1n) is 5.90. The van der Waals surface area contributed by atoms with Gasteiger partial charge in [-0.15, -0.1) is 0 Å². The lowest BCUT2D eigenvalue weighted by atomic mass is 9.89. The van der Waals surface area contributed by atoms with E-state index in [1.165, 1.54) is 0 Å². The van der Waals surface area contributed by atoms with Crippen molar-refractivity contribution < 1.29 is 15.0 Å². The highest BCUT2D eigenvalue weighted by Gasteiger charge is 2.53. The van der Waals surface area contributed by atoms with Gasteiger partial charge in [-0.05, 0) is 36.6 Å². The molecular formula is C14H13NO3. The molecule has 18 heavy (non-hydrogen) atoms. The Balaban J connectivity index is 2.07. The molecule has 1 aromatic carbocycles. The van der Waals surface area contributed by atoms with E-state index in [1.807, 2.05) is 30.3 Å². The second kappa shape index (κ2) is 3.78. The number of aliphatic hydroxyl groups is 1. The number of aromatic nitrogens is 1. The Morgan fingerprint density at radius 1 is 1.33 bits per heavy atom. The summed E-state index contributed by atoms with van der Waals surface area (Å²) in [6.45, 7) is 0. The van der Waals surface area contributed by atoms with E-state index in [9.17, 15) is 9.90 Å². The number of carbonyl (C=O) groups is 1. The molecule has 0 bridgehead atoms. The van der Waals surface area contributed by atoms with Gasteiger partial charge in [0.25, 0.3) is 0 Å². The first kappa shape index (κ1) is 11.2. The van der Waals surface area contributed by atoms with Crippen molar-refractivity contribution in [3.63, 3.8) is 0 Å². The number of carboxylic acid groups (broad SMARTS) is 1. The highest BCUT2D eigenvalue weighted by Crippen LogP contribution is 2.51. The summed E-state index contributed by atoms with van der Waals surface area (Å²) in [4.78, 5) is 15.2. The predicted molar refractivity (Wildman–Crippen MR) is 66.3 cm³/mol. The summed E-state index contributed by atoms with van der Waals surface area (Å²) in [5.74, 6) is -1.15. The number of pyridine rings is 1. The van der Waals surface area contributed by atoms with E-state index < -0.39 is 17.5 Å². The normalized spacial score (nSPS) is 18.5.